The zero-order chi connectivity index (χ0) is 8.97. The molecule has 1 heterocycles. The third kappa shape index (κ3) is 1.89. The summed E-state index contributed by atoms with van der Waals surface area (Å²) < 4.78 is 2.31. The lowest BCUT2D eigenvalue weighted by molar-refractivity contribution is 0.514. The molecule has 68 valence electrons. The molecule has 2 nitrogen and oxygen atoms in total. The number of nitrogens with zero attached hydrogens (tertiary/aromatic N) is 1. The van der Waals surface area contributed by atoms with Gasteiger partial charge >= 0.3 is 0 Å². The number of hydrogen-bond acceptors (Lipinski definition) is 1. The molecule has 0 amide bonds. The van der Waals surface area contributed by atoms with E-state index in [1.165, 1.54) is 12.1 Å². The fourth-order valence-corrected chi connectivity index (χ4v) is 1.42. The molecule has 1 rings (SSSR count). The predicted molar refractivity (Wildman–Crippen MR) is 52.2 cm³/mol. The average Bonchev–Trinajstić information content (AvgIpc) is 2.52. The second-order valence-corrected chi connectivity index (χ2v) is 3.20. The summed E-state index contributed by atoms with van der Waals surface area (Å²) in [6.45, 7) is 5.18. The summed E-state index contributed by atoms with van der Waals surface area (Å²) in [5, 5.41) is 0. The first kappa shape index (κ1) is 9.33. The summed E-state index contributed by atoms with van der Waals surface area (Å²) in [6.07, 6.45) is 4.29. The van der Waals surface area contributed by atoms with Gasteiger partial charge in [-0.3, -0.25) is 0 Å². The Morgan fingerprint density at radius 1 is 1.58 bits per heavy atom. The minimum absolute atomic E-state index is 0.599. The van der Waals surface area contributed by atoms with Crippen molar-refractivity contribution in [1.82, 2.24) is 4.57 Å². The lowest BCUT2D eigenvalue weighted by Crippen LogP contribution is -2.11. The zero-order valence-electron chi connectivity index (χ0n) is 7.96. The summed E-state index contributed by atoms with van der Waals surface area (Å²) in [7, 11) is 0. The Labute approximate surface area is 74.4 Å². The molecule has 0 saturated heterocycles. The minimum Gasteiger partial charge on any atom is -0.349 e. The molecule has 1 atom stereocenters. The summed E-state index contributed by atoms with van der Waals surface area (Å²) in [5.41, 5.74) is 6.87. The highest BCUT2D eigenvalue weighted by atomic mass is 15.0. The van der Waals surface area contributed by atoms with Gasteiger partial charge in [0.2, 0.25) is 0 Å². The lowest BCUT2D eigenvalue weighted by Gasteiger charge is -2.14. The first-order chi connectivity index (χ1) is 5.79. The van der Waals surface area contributed by atoms with E-state index < -0.39 is 0 Å². The fourth-order valence-electron chi connectivity index (χ4n) is 1.42. The second-order valence-electron chi connectivity index (χ2n) is 3.20. The molecule has 0 aliphatic carbocycles. The van der Waals surface area contributed by atoms with Gasteiger partial charge in [-0.2, -0.15) is 0 Å². The Kier molecular flexibility index (Phi) is 3.35. The highest BCUT2D eigenvalue weighted by Gasteiger charge is 2.04. The third-order valence-electron chi connectivity index (χ3n) is 2.33. The van der Waals surface area contributed by atoms with Crippen molar-refractivity contribution < 1.29 is 0 Å². The van der Waals surface area contributed by atoms with Crippen LogP contribution in [0.1, 0.15) is 32.0 Å². The van der Waals surface area contributed by atoms with E-state index in [4.69, 9.17) is 5.73 Å². The molecule has 1 unspecified atom stereocenters. The molecule has 1 aromatic rings. The van der Waals surface area contributed by atoms with E-state index in [9.17, 15) is 0 Å². The highest BCUT2D eigenvalue weighted by Crippen LogP contribution is 2.14. The first-order valence-corrected chi connectivity index (χ1v) is 4.65. The normalized spacial score (nSPS) is 13.2. The van der Waals surface area contributed by atoms with E-state index >= 15 is 0 Å². The van der Waals surface area contributed by atoms with Crippen molar-refractivity contribution >= 4 is 0 Å². The monoisotopic (exact) mass is 166 g/mol. The van der Waals surface area contributed by atoms with E-state index in [1.54, 1.807) is 0 Å². The highest BCUT2D eigenvalue weighted by molar-refractivity contribution is 5.08. The molecule has 0 radical (unpaired) electrons. The zero-order valence-corrected chi connectivity index (χ0v) is 7.96. The quantitative estimate of drug-likeness (QED) is 0.728. The average molecular weight is 166 g/mol. The number of rotatable bonds is 4. The molecule has 2 heteroatoms. The van der Waals surface area contributed by atoms with E-state index in [0.717, 1.165) is 13.0 Å². The van der Waals surface area contributed by atoms with Gasteiger partial charge in [0, 0.05) is 17.9 Å². The van der Waals surface area contributed by atoms with Gasteiger partial charge in [-0.1, -0.05) is 6.92 Å². The summed E-state index contributed by atoms with van der Waals surface area (Å²) in [6, 6.07) is 4.84. The maximum atomic E-state index is 5.52. The van der Waals surface area contributed by atoms with Crippen LogP contribution in [0.15, 0.2) is 18.3 Å². The number of nitrogens with two attached hydrogens (primary N) is 1. The Hall–Kier alpha value is -0.760. The van der Waals surface area contributed by atoms with Crippen molar-refractivity contribution in [2.75, 3.05) is 6.54 Å². The summed E-state index contributed by atoms with van der Waals surface area (Å²) >= 11 is 0. The molecule has 12 heavy (non-hydrogen) atoms. The molecule has 0 spiro atoms. The van der Waals surface area contributed by atoms with Crippen LogP contribution >= 0.6 is 0 Å². The van der Waals surface area contributed by atoms with Crippen LogP contribution in [0.4, 0.5) is 0 Å². The fraction of sp³-hybridized carbons (Fsp3) is 0.600. The van der Waals surface area contributed by atoms with Crippen LogP contribution in [-0.2, 0) is 6.42 Å². The first-order valence-electron chi connectivity index (χ1n) is 4.65. The van der Waals surface area contributed by atoms with E-state index in [0.29, 0.717) is 6.04 Å². The lowest BCUT2D eigenvalue weighted by atomic mass is 10.2. The molecular formula is C10H18N2. The van der Waals surface area contributed by atoms with Gasteiger partial charge in [0.1, 0.15) is 0 Å². The van der Waals surface area contributed by atoms with Gasteiger partial charge in [0.15, 0.2) is 0 Å². The minimum atomic E-state index is 0.599. The molecular weight excluding hydrogens is 148 g/mol. The van der Waals surface area contributed by atoms with Gasteiger partial charge < -0.3 is 10.3 Å². The number of hydrogen-bond donors (Lipinski definition) is 1. The van der Waals surface area contributed by atoms with Crippen LogP contribution in [0.25, 0.3) is 0 Å². The summed E-state index contributed by atoms with van der Waals surface area (Å²) in [5.74, 6) is 0. The van der Waals surface area contributed by atoms with Gasteiger partial charge in [0.25, 0.3) is 0 Å². The van der Waals surface area contributed by atoms with Crippen molar-refractivity contribution in [3.63, 3.8) is 0 Å². The van der Waals surface area contributed by atoms with Gasteiger partial charge in [0.05, 0.1) is 0 Å². The van der Waals surface area contributed by atoms with Crippen molar-refractivity contribution in [1.29, 1.82) is 0 Å². The van der Waals surface area contributed by atoms with Gasteiger partial charge in [-0.05, 0) is 38.4 Å². The Bertz CT molecular complexity index is 227. The van der Waals surface area contributed by atoms with Crippen molar-refractivity contribution in [3.8, 4) is 0 Å². The molecule has 2 N–H and O–H groups in total. The molecule has 1 aromatic heterocycles. The molecule has 0 fully saturated rings. The Morgan fingerprint density at radius 2 is 2.33 bits per heavy atom. The van der Waals surface area contributed by atoms with Crippen molar-refractivity contribution in [2.45, 2.75) is 32.7 Å². The van der Waals surface area contributed by atoms with Crippen LogP contribution < -0.4 is 5.73 Å². The van der Waals surface area contributed by atoms with Gasteiger partial charge in [-0.25, -0.2) is 0 Å². The SMILES string of the molecule is CCC(C)n1cccc1CCN. The molecule has 0 saturated carbocycles. The smallest absolute Gasteiger partial charge is 0.0302 e. The predicted octanol–water partition coefficient (Wildman–Crippen LogP) is 1.96. The van der Waals surface area contributed by atoms with Crippen LogP contribution in [0.3, 0.4) is 0 Å². The van der Waals surface area contributed by atoms with Crippen LogP contribution in [0, 0.1) is 0 Å². The summed E-state index contributed by atoms with van der Waals surface area (Å²) in [4.78, 5) is 0. The van der Waals surface area contributed by atoms with Crippen molar-refractivity contribution in [3.05, 3.63) is 24.0 Å². The van der Waals surface area contributed by atoms with E-state index in [-0.39, 0.29) is 0 Å². The van der Waals surface area contributed by atoms with E-state index in [2.05, 4.69) is 36.7 Å². The Balaban J connectivity index is 2.76. The largest absolute Gasteiger partial charge is 0.349 e. The molecule has 0 aromatic carbocycles. The maximum absolute atomic E-state index is 5.52. The molecule has 0 aliphatic rings. The molecule has 0 aliphatic heterocycles. The topological polar surface area (TPSA) is 30.9 Å². The second kappa shape index (κ2) is 4.31. The maximum Gasteiger partial charge on any atom is 0.0302 e. The van der Waals surface area contributed by atoms with Gasteiger partial charge in [-0.15, -0.1) is 0 Å². The molecule has 0 bridgehead atoms. The Morgan fingerprint density at radius 3 is 2.92 bits per heavy atom. The standard InChI is InChI=1S/C10H18N2/c1-3-9(2)12-8-4-5-10(12)6-7-11/h4-5,8-9H,3,6-7,11H2,1-2H3. The third-order valence-corrected chi connectivity index (χ3v) is 2.33. The van der Waals surface area contributed by atoms with E-state index in [1.807, 2.05) is 0 Å². The van der Waals surface area contributed by atoms with Crippen LogP contribution in [0.2, 0.25) is 0 Å². The van der Waals surface area contributed by atoms with Crippen molar-refractivity contribution in [2.24, 2.45) is 5.73 Å². The van der Waals surface area contributed by atoms with Crippen LogP contribution in [-0.4, -0.2) is 11.1 Å². The number of aromatic nitrogens is 1. The van der Waals surface area contributed by atoms with Crippen LogP contribution in [0.5, 0.6) is 0 Å².